The van der Waals surface area contributed by atoms with Crippen molar-refractivity contribution in [2.45, 2.75) is 20.8 Å². The number of nitrogens with zero attached hydrogens (tertiary/aromatic N) is 3. The van der Waals surface area contributed by atoms with Gasteiger partial charge in [0.25, 0.3) is 17.5 Å². The first-order chi connectivity index (χ1) is 13.2. The largest absolute Gasteiger partial charge is 0.318 e. The molecular formula is C19H18N4O4S. The molecule has 1 aliphatic heterocycles. The molecular weight excluding hydrogens is 380 g/mol. The molecule has 2 heterocycles. The molecule has 0 atom stereocenters. The lowest BCUT2D eigenvalue weighted by atomic mass is 10.1. The van der Waals surface area contributed by atoms with E-state index in [-0.39, 0.29) is 16.4 Å². The van der Waals surface area contributed by atoms with E-state index >= 15 is 0 Å². The molecule has 2 aromatic rings. The van der Waals surface area contributed by atoms with E-state index in [2.05, 4.69) is 5.32 Å². The predicted octanol–water partition coefficient (Wildman–Crippen LogP) is 2.65. The van der Waals surface area contributed by atoms with E-state index in [0.717, 1.165) is 11.4 Å². The molecule has 1 aliphatic rings. The van der Waals surface area contributed by atoms with Crippen molar-refractivity contribution in [1.29, 1.82) is 0 Å². The molecule has 0 saturated carbocycles. The molecule has 9 heteroatoms. The van der Waals surface area contributed by atoms with E-state index in [1.54, 1.807) is 19.1 Å². The first-order valence-electron chi connectivity index (χ1n) is 8.57. The summed E-state index contributed by atoms with van der Waals surface area (Å²) in [6, 6.07) is 8.10. The topological polar surface area (TPSA) is 97.5 Å². The number of carbonyl (C=O) groups is 2. The van der Waals surface area contributed by atoms with Gasteiger partial charge in [-0.25, -0.2) is 0 Å². The Kier molecular flexibility index (Phi) is 5.10. The van der Waals surface area contributed by atoms with Crippen LogP contribution in [0.4, 0.5) is 5.69 Å². The highest BCUT2D eigenvalue weighted by atomic mass is 32.1. The van der Waals surface area contributed by atoms with Gasteiger partial charge in [-0.3, -0.25) is 29.9 Å². The van der Waals surface area contributed by atoms with E-state index < -0.39 is 16.7 Å². The number of hydrogen-bond donors (Lipinski definition) is 1. The van der Waals surface area contributed by atoms with Crippen LogP contribution >= 0.6 is 12.2 Å². The smallest absolute Gasteiger partial charge is 0.271 e. The Labute approximate surface area is 166 Å². The number of amides is 2. The minimum Gasteiger partial charge on any atom is -0.318 e. The molecule has 1 aromatic carbocycles. The highest BCUT2D eigenvalue weighted by molar-refractivity contribution is 7.80. The van der Waals surface area contributed by atoms with E-state index in [4.69, 9.17) is 12.2 Å². The summed E-state index contributed by atoms with van der Waals surface area (Å²) in [6.07, 6.45) is 1.53. The summed E-state index contributed by atoms with van der Waals surface area (Å²) in [7, 11) is 0. The number of hydrogen-bond acceptors (Lipinski definition) is 5. The number of thiocarbonyl (C=S) groups is 1. The molecule has 0 radical (unpaired) electrons. The molecule has 1 N–H and O–H groups in total. The van der Waals surface area contributed by atoms with Crippen molar-refractivity contribution in [2.24, 2.45) is 0 Å². The van der Waals surface area contributed by atoms with Gasteiger partial charge in [0.05, 0.1) is 10.6 Å². The van der Waals surface area contributed by atoms with Crippen molar-refractivity contribution in [1.82, 2.24) is 14.8 Å². The van der Waals surface area contributed by atoms with Crippen LogP contribution < -0.4 is 5.32 Å². The number of benzene rings is 1. The average Bonchev–Trinajstić information content (AvgIpc) is 2.92. The van der Waals surface area contributed by atoms with E-state index in [9.17, 15) is 19.7 Å². The second-order valence-electron chi connectivity index (χ2n) is 6.31. The fraction of sp³-hybridized carbons (Fsp3) is 0.211. The lowest BCUT2D eigenvalue weighted by Crippen LogP contribution is -2.53. The molecule has 144 valence electrons. The molecule has 3 rings (SSSR count). The fourth-order valence-electron chi connectivity index (χ4n) is 3.21. The quantitative estimate of drug-likeness (QED) is 0.281. The van der Waals surface area contributed by atoms with Crippen LogP contribution in [0.25, 0.3) is 11.8 Å². The first-order valence-corrected chi connectivity index (χ1v) is 8.98. The average molecular weight is 398 g/mol. The molecule has 2 amide bonds. The van der Waals surface area contributed by atoms with Crippen LogP contribution in [0.5, 0.6) is 0 Å². The fourth-order valence-corrected chi connectivity index (χ4v) is 3.52. The summed E-state index contributed by atoms with van der Waals surface area (Å²) >= 11 is 5.03. The van der Waals surface area contributed by atoms with E-state index in [0.29, 0.717) is 17.8 Å². The van der Waals surface area contributed by atoms with Crippen LogP contribution in [0.2, 0.25) is 0 Å². The zero-order valence-electron chi connectivity index (χ0n) is 15.6. The third kappa shape index (κ3) is 3.31. The number of nitrogens with one attached hydrogen (secondary N) is 1. The van der Waals surface area contributed by atoms with Gasteiger partial charge in [-0.05, 0) is 56.8 Å². The zero-order chi connectivity index (χ0) is 20.6. The number of nitro groups is 1. The van der Waals surface area contributed by atoms with Gasteiger partial charge < -0.3 is 4.57 Å². The number of non-ortho nitro benzene ring substituents is 1. The van der Waals surface area contributed by atoms with Crippen molar-refractivity contribution in [2.75, 3.05) is 6.54 Å². The Hall–Kier alpha value is -3.33. The van der Waals surface area contributed by atoms with Gasteiger partial charge in [0.2, 0.25) is 0 Å². The standard InChI is InChI=1S/C19H18N4O4S/c1-4-21-18(25)16(17(24)20-19(21)28)9-13-8-11(2)22(12(13)3)14-6-5-7-15(10-14)23(26)27/h5-10H,4H2,1-3H3,(H,20,24,28)/b16-9+. The predicted molar refractivity (Wildman–Crippen MR) is 108 cm³/mol. The summed E-state index contributed by atoms with van der Waals surface area (Å²) in [5.41, 5.74) is 2.85. The van der Waals surface area contributed by atoms with Gasteiger partial charge in [0.1, 0.15) is 5.57 Å². The number of rotatable bonds is 4. The monoisotopic (exact) mass is 398 g/mol. The maximum absolute atomic E-state index is 12.6. The lowest BCUT2D eigenvalue weighted by Gasteiger charge is -2.27. The molecule has 0 aliphatic carbocycles. The second kappa shape index (κ2) is 7.35. The molecule has 0 unspecified atom stereocenters. The van der Waals surface area contributed by atoms with Gasteiger partial charge in [-0.1, -0.05) is 6.07 Å². The van der Waals surface area contributed by atoms with Crippen LogP contribution in [0, 0.1) is 24.0 Å². The summed E-state index contributed by atoms with van der Waals surface area (Å²) in [6.45, 7) is 5.80. The van der Waals surface area contributed by atoms with Crippen LogP contribution in [0.15, 0.2) is 35.9 Å². The van der Waals surface area contributed by atoms with Gasteiger partial charge in [0.15, 0.2) is 5.11 Å². The van der Waals surface area contributed by atoms with Gasteiger partial charge in [-0.15, -0.1) is 0 Å². The molecule has 8 nitrogen and oxygen atoms in total. The van der Waals surface area contributed by atoms with Gasteiger partial charge >= 0.3 is 0 Å². The molecule has 28 heavy (non-hydrogen) atoms. The molecule has 0 bridgehead atoms. The Balaban J connectivity index is 2.07. The molecule has 0 spiro atoms. The van der Waals surface area contributed by atoms with Crippen molar-refractivity contribution in [3.05, 3.63) is 63.0 Å². The number of aromatic nitrogens is 1. The Bertz CT molecular complexity index is 1050. The Morgan fingerprint density at radius 2 is 1.96 bits per heavy atom. The highest BCUT2D eigenvalue weighted by Crippen LogP contribution is 2.26. The van der Waals surface area contributed by atoms with Crippen LogP contribution in [-0.2, 0) is 9.59 Å². The molecule has 1 saturated heterocycles. The third-order valence-electron chi connectivity index (χ3n) is 4.57. The third-order valence-corrected chi connectivity index (χ3v) is 4.89. The first kappa shape index (κ1) is 19.4. The molecule has 1 fully saturated rings. The van der Waals surface area contributed by atoms with Crippen LogP contribution in [-0.4, -0.2) is 37.9 Å². The lowest BCUT2D eigenvalue weighted by molar-refractivity contribution is -0.384. The minimum atomic E-state index is -0.542. The van der Waals surface area contributed by atoms with Crippen molar-refractivity contribution < 1.29 is 14.5 Å². The zero-order valence-corrected chi connectivity index (χ0v) is 16.4. The number of aryl methyl sites for hydroxylation is 1. The van der Waals surface area contributed by atoms with Gasteiger partial charge in [0, 0.05) is 30.1 Å². The van der Waals surface area contributed by atoms with E-state index in [1.165, 1.54) is 23.1 Å². The minimum absolute atomic E-state index is 0.00487. The Morgan fingerprint density at radius 3 is 2.61 bits per heavy atom. The van der Waals surface area contributed by atoms with Crippen LogP contribution in [0.3, 0.4) is 0 Å². The summed E-state index contributed by atoms with van der Waals surface area (Å²) in [5.74, 6) is -0.990. The summed E-state index contributed by atoms with van der Waals surface area (Å²) in [4.78, 5) is 36.8. The number of likely N-dealkylation sites (N-methyl/N-ethyl adjacent to an activating group) is 1. The number of nitro benzene ring substituents is 1. The highest BCUT2D eigenvalue weighted by Gasteiger charge is 2.32. The molecule has 1 aromatic heterocycles. The van der Waals surface area contributed by atoms with E-state index in [1.807, 2.05) is 24.5 Å². The van der Waals surface area contributed by atoms with Crippen molar-refractivity contribution in [3.63, 3.8) is 0 Å². The van der Waals surface area contributed by atoms with Crippen molar-refractivity contribution in [3.8, 4) is 5.69 Å². The number of carbonyl (C=O) groups excluding carboxylic acids is 2. The summed E-state index contributed by atoms with van der Waals surface area (Å²) in [5, 5.41) is 13.7. The maximum Gasteiger partial charge on any atom is 0.271 e. The Morgan fingerprint density at radius 1 is 1.25 bits per heavy atom. The normalized spacial score (nSPS) is 15.9. The SMILES string of the molecule is CCN1C(=O)/C(=C/c2cc(C)n(-c3cccc([N+](=O)[O-])c3)c2C)C(=O)NC1=S. The van der Waals surface area contributed by atoms with Crippen LogP contribution in [0.1, 0.15) is 23.9 Å². The second-order valence-corrected chi connectivity index (χ2v) is 6.69. The summed E-state index contributed by atoms with van der Waals surface area (Å²) < 4.78 is 1.84. The van der Waals surface area contributed by atoms with Crippen molar-refractivity contribution >= 4 is 40.9 Å². The maximum atomic E-state index is 12.6. The van der Waals surface area contributed by atoms with Gasteiger partial charge in [-0.2, -0.15) is 0 Å².